The average molecular weight is 182 g/mol. The summed E-state index contributed by atoms with van der Waals surface area (Å²) in [5.74, 6) is -4.30. The number of halogens is 2. The first-order chi connectivity index (χ1) is 5.10. The molecule has 0 aromatic heterocycles. The lowest BCUT2D eigenvalue weighted by molar-refractivity contribution is -0.142. The molecule has 72 valence electrons. The summed E-state index contributed by atoms with van der Waals surface area (Å²) in [6, 6.07) is 0. The monoisotopic (exact) mass is 182 g/mol. The summed E-state index contributed by atoms with van der Waals surface area (Å²) in [5, 5.41) is 0. The number of rotatable bonds is 2. The van der Waals surface area contributed by atoms with E-state index < -0.39 is 17.9 Å². The van der Waals surface area contributed by atoms with E-state index in [4.69, 9.17) is 0 Å². The Bertz CT molecular complexity index is 148. The number of carbonyl (C=O) groups excluding carboxylic acids is 1. The van der Waals surface area contributed by atoms with Gasteiger partial charge in [0.1, 0.15) is 0 Å². The van der Waals surface area contributed by atoms with Crippen molar-refractivity contribution in [1.82, 2.24) is 0 Å². The lowest BCUT2D eigenvalue weighted by Crippen LogP contribution is -2.29. The van der Waals surface area contributed by atoms with Crippen molar-refractivity contribution in [3.63, 3.8) is 0 Å². The van der Waals surface area contributed by atoms with Crippen LogP contribution in [0.5, 0.6) is 0 Å². The van der Waals surface area contributed by atoms with Crippen molar-refractivity contribution in [2.45, 2.75) is 39.4 Å². The largest absolute Gasteiger partial charge is 0.513 e. The Balaban J connectivity index is 3.92. The van der Waals surface area contributed by atoms with Gasteiger partial charge in [0.25, 0.3) is 0 Å². The maximum atomic E-state index is 12.6. The molecule has 3 nitrogen and oxygen atoms in total. The molecular weight excluding hydrogens is 170 g/mol. The van der Waals surface area contributed by atoms with E-state index in [1.54, 1.807) is 0 Å². The molecule has 0 radical (unpaired) electrons. The van der Waals surface area contributed by atoms with Crippen molar-refractivity contribution >= 4 is 6.16 Å². The molecule has 0 atom stereocenters. The van der Waals surface area contributed by atoms with Crippen LogP contribution >= 0.6 is 0 Å². The van der Waals surface area contributed by atoms with Crippen LogP contribution in [-0.4, -0.2) is 17.9 Å². The van der Waals surface area contributed by atoms with Gasteiger partial charge in [0.2, 0.25) is 11.7 Å². The van der Waals surface area contributed by atoms with Gasteiger partial charge >= 0.3 is 6.16 Å². The molecule has 5 heteroatoms. The molecule has 0 rings (SSSR count). The molecule has 0 saturated heterocycles. The number of ether oxygens (including phenoxy) is 2. The van der Waals surface area contributed by atoms with Gasteiger partial charge in [-0.1, -0.05) is 0 Å². The molecule has 0 amide bonds. The zero-order valence-electron chi connectivity index (χ0n) is 7.48. The standard InChI is InChI=1S/C7H12F2O3/c1-6(2,8)11-5(10)12-7(3,4)9/h1-4H3. The van der Waals surface area contributed by atoms with E-state index in [1.165, 1.54) is 0 Å². The summed E-state index contributed by atoms with van der Waals surface area (Å²) >= 11 is 0. The molecule has 0 heterocycles. The third kappa shape index (κ3) is 7.24. The molecule has 0 aliphatic carbocycles. The van der Waals surface area contributed by atoms with Crippen LogP contribution in [0.3, 0.4) is 0 Å². The Morgan fingerprint density at radius 3 is 1.42 bits per heavy atom. The third-order valence-corrected chi connectivity index (χ3v) is 0.652. The second-order valence-electron chi connectivity index (χ2n) is 3.18. The number of hydrogen-bond donors (Lipinski definition) is 0. The van der Waals surface area contributed by atoms with Crippen LogP contribution in [-0.2, 0) is 9.47 Å². The Kier molecular flexibility index (Phi) is 3.01. The lowest BCUT2D eigenvalue weighted by Gasteiger charge is -2.19. The van der Waals surface area contributed by atoms with Crippen molar-refractivity contribution in [1.29, 1.82) is 0 Å². The fraction of sp³-hybridized carbons (Fsp3) is 0.857. The molecule has 0 spiro atoms. The van der Waals surface area contributed by atoms with Gasteiger partial charge < -0.3 is 9.47 Å². The highest BCUT2D eigenvalue weighted by molar-refractivity contribution is 5.60. The third-order valence-electron chi connectivity index (χ3n) is 0.652. The number of carbonyl (C=O) groups is 1. The molecule has 12 heavy (non-hydrogen) atoms. The zero-order valence-corrected chi connectivity index (χ0v) is 7.48. The highest BCUT2D eigenvalue weighted by atomic mass is 19.2. The van der Waals surface area contributed by atoms with Gasteiger partial charge in [0.05, 0.1) is 0 Å². The summed E-state index contributed by atoms with van der Waals surface area (Å²) < 4.78 is 33.2. The van der Waals surface area contributed by atoms with E-state index in [-0.39, 0.29) is 0 Å². The minimum atomic E-state index is -2.15. The van der Waals surface area contributed by atoms with E-state index in [2.05, 4.69) is 9.47 Å². The summed E-state index contributed by atoms with van der Waals surface area (Å²) in [5.41, 5.74) is 0. The second kappa shape index (κ2) is 3.25. The van der Waals surface area contributed by atoms with Gasteiger partial charge in [-0.05, 0) is 0 Å². The molecule has 0 unspecified atom stereocenters. The van der Waals surface area contributed by atoms with Crippen LogP contribution in [0.25, 0.3) is 0 Å². The minimum absolute atomic E-state index is 1.01. The van der Waals surface area contributed by atoms with Gasteiger partial charge in [0.15, 0.2) is 0 Å². The summed E-state index contributed by atoms with van der Waals surface area (Å²) in [7, 11) is 0. The normalized spacial score (nSPS) is 12.5. The van der Waals surface area contributed by atoms with Crippen LogP contribution in [0.15, 0.2) is 0 Å². The van der Waals surface area contributed by atoms with E-state index in [9.17, 15) is 13.6 Å². The molecule has 0 aromatic rings. The molecule has 0 N–H and O–H groups in total. The van der Waals surface area contributed by atoms with Crippen LogP contribution in [0.4, 0.5) is 13.6 Å². The van der Waals surface area contributed by atoms with E-state index in [0.29, 0.717) is 0 Å². The molecule has 0 aliphatic rings. The molecular formula is C7H12F2O3. The van der Waals surface area contributed by atoms with Crippen LogP contribution in [0, 0.1) is 0 Å². The Hall–Kier alpha value is -0.870. The SMILES string of the molecule is CC(C)(F)OC(=O)OC(C)(C)F. The molecule has 0 fully saturated rings. The van der Waals surface area contributed by atoms with E-state index in [1.807, 2.05) is 0 Å². The predicted octanol–water partition coefficient (Wildman–Crippen LogP) is 2.55. The van der Waals surface area contributed by atoms with Gasteiger partial charge in [-0.15, -0.1) is 0 Å². The quantitative estimate of drug-likeness (QED) is 0.615. The average Bonchev–Trinajstić information content (AvgIpc) is 1.49. The number of alkyl halides is 2. The summed E-state index contributed by atoms with van der Waals surface area (Å²) in [6.07, 6.45) is -1.37. The molecule has 0 saturated carbocycles. The first-order valence-electron chi connectivity index (χ1n) is 3.40. The van der Waals surface area contributed by atoms with Gasteiger partial charge in [-0.25, -0.2) is 4.79 Å². The van der Waals surface area contributed by atoms with Crippen LogP contribution in [0.1, 0.15) is 27.7 Å². The van der Waals surface area contributed by atoms with Crippen molar-refractivity contribution in [2.24, 2.45) is 0 Å². The fourth-order valence-electron chi connectivity index (χ4n) is 0.417. The Morgan fingerprint density at radius 1 is 1.00 bits per heavy atom. The van der Waals surface area contributed by atoms with Crippen LogP contribution in [0.2, 0.25) is 0 Å². The topological polar surface area (TPSA) is 35.5 Å². The Labute approximate surface area is 69.6 Å². The van der Waals surface area contributed by atoms with Gasteiger partial charge in [0, 0.05) is 27.7 Å². The lowest BCUT2D eigenvalue weighted by atomic mass is 10.4. The highest BCUT2D eigenvalue weighted by Gasteiger charge is 2.27. The highest BCUT2D eigenvalue weighted by Crippen LogP contribution is 2.16. The first kappa shape index (κ1) is 11.1. The zero-order chi connectivity index (χ0) is 9.99. The minimum Gasteiger partial charge on any atom is -0.398 e. The fourth-order valence-corrected chi connectivity index (χ4v) is 0.417. The Morgan fingerprint density at radius 2 is 1.25 bits per heavy atom. The smallest absolute Gasteiger partial charge is 0.398 e. The van der Waals surface area contributed by atoms with E-state index >= 15 is 0 Å². The van der Waals surface area contributed by atoms with Crippen molar-refractivity contribution in [3.05, 3.63) is 0 Å². The molecule has 0 aliphatic heterocycles. The summed E-state index contributed by atoms with van der Waals surface area (Å²) in [6.45, 7) is 4.05. The maximum Gasteiger partial charge on any atom is 0.513 e. The van der Waals surface area contributed by atoms with Gasteiger partial charge in [-0.3, -0.25) is 0 Å². The number of hydrogen-bond acceptors (Lipinski definition) is 3. The summed E-state index contributed by atoms with van der Waals surface area (Å²) in [4.78, 5) is 10.5. The van der Waals surface area contributed by atoms with Crippen molar-refractivity contribution in [2.75, 3.05) is 0 Å². The van der Waals surface area contributed by atoms with E-state index in [0.717, 1.165) is 27.7 Å². The van der Waals surface area contributed by atoms with Gasteiger partial charge in [-0.2, -0.15) is 8.78 Å². The van der Waals surface area contributed by atoms with Crippen LogP contribution < -0.4 is 0 Å². The molecule has 0 aromatic carbocycles. The second-order valence-corrected chi connectivity index (χ2v) is 3.18. The van der Waals surface area contributed by atoms with Crippen molar-refractivity contribution < 1.29 is 23.0 Å². The molecule has 0 bridgehead atoms. The van der Waals surface area contributed by atoms with Crippen molar-refractivity contribution in [3.8, 4) is 0 Å². The predicted molar refractivity (Wildman–Crippen MR) is 37.9 cm³/mol. The first-order valence-corrected chi connectivity index (χ1v) is 3.40. The maximum absolute atomic E-state index is 12.6.